The van der Waals surface area contributed by atoms with Gasteiger partial charge in [0.1, 0.15) is 5.01 Å². The monoisotopic (exact) mass is 303 g/mol. The summed E-state index contributed by atoms with van der Waals surface area (Å²) in [7, 11) is 1.88. The van der Waals surface area contributed by atoms with Crippen LogP contribution in [0.3, 0.4) is 0 Å². The van der Waals surface area contributed by atoms with E-state index in [-0.39, 0.29) is 24.3 Å². The fourth-order valence-corrected chi connectivity index (χ4v) is 3.68. The molecule has 1 aliphatic rings. The van der Waals surface area contributed by atoms with Crippen LogP contribution in [-0.2, 0) is 16.1 Å². The number of amides is 2. The van der Waals surface area contributed by atoms with Gasteiger partial charge in [0.2, 0.25) is 11.8 Å². The highest BCUT2D eigenvalue weighted by atomic mass is 32.1. The maximum absolute atomic E-state index is 12.2. The largest absolute Gasteiger partial charge is 0.288 e. The van der Waals surface area contributed by atoms with Crippen LogP contribution in [0.15, 0.2) is 24.3 Å². The lowest BCUT2D eigenvalue weighted by atomic mass is 10.2. The first kappa shape index (κ1) is 14.2. The van der Waals surface area contributed by atoms with Crippen LogP contribution >= 0.6 is 11.3 Å². The van der Waals surface area contributed by atoms with Gasteiger partial charge in [-0.05, 0) is 26.1 Å². The minimum atomic E-state index is -0.357. The number of benzene rings is 1. The summed E-state index contributed by atoms with van der Waals surface area (Å²) < 4.78 is 1.14. The molecule has 1 aromatic heterocycles. The van der Waals surface area contributed by atoms with Crippen LogP contribution in [0.1, 0.15) is 18.4 Å². The van der Waals surface area contributed by atoms with E-state index in [1.807, 2.05) is 43.1 Å². The summed E-state index contributed by atoms with van der Waals surface area (Å²) in [5.41, 5.74) is 0.981. The first-order valence-electron chi connectivity index (χ1n) is 6.99. The van der Waals surface area contributed by atoms with Gasteiger partial charge in [-0.2, -0.15) is 0 Å². The minimum absolute atomic E-state index is 0.0800. The van der Waals surface area contributed by atoms with E-state index in [0.29, 0.717) is 13.1 Å². The Hall–Kier alpha value is -1.79. The lowest BCUT2D eigenvalue weighted by molar-refractivity contribution is -0.139. The standard InChI is InChI=1S/C15H17N3O2S/c1-3-18-14(19)8-11(15(18)20)17(2)9-13-16-10-6-4-5-7-12(10)21-13/h4-7,11H,3,8-9H2,1-2H3/t11-/m0/s1. The molecular formula is C15H17N3O2S. The van der Waals surface area contributed by atoms with E-state index in [0.717, 1.165) is 15.2 Å². The van der Waals surface area contributed by atoms with Crippen molar-refractivity contribution in [1.29, 1.82) is 0 Å². The molecule has 6 heteroatoms. The lowest BCUT2D eigenvalue weighted by Crippen LogP contribution is -2.39. The van der Waals surface area contributed by atoms with E-state index in [4.69, 9.17) is 0 Å². The molecular weight excluding hydrogens is 286 g/mol. The van der Waals surface area contributed by atoms with Crippen molar-refractivity contribution in [3.8, 4) is 0 Å². The van der Waals surface area contributed by atoms with Gasteiger partial charge in [-0.1, -0.05) is 12.1 Å². The quantitative estimate of drug-likeness (QED) is 0.809. The summed E-state index contributed by atoms with van der Waals surface area (Å²) >= 11 is 1.63. The van der Waals surface area contributed by atoms with E-state index in [1.165, 1.54) is 4.90 Å². The number of fused-ring (bicyclic) bond motifs is 1. The fourth-order valence-electron chi connectivity index (χ4n) is 2.65. The second kappa shape index (κ2) is 5.54. The first-order chi connectivity index (χ1) is 10.1. The number of likely N-dealkylation sites (N-methyl/N-ethyl adjacent to an activating group) is 2. The molecule has 21 heavy (non-hydrogen) atoms. The fraction of sp³-hybridized carbons (Fsp3) is 0.400. The van der Waals surface area contributed by atoms with Gasteiger partial charge in [0.05, 0.1) is 29.2 Å². The van der Waals surface area contributed by atoms with Gasteiger partial charge < -0.3 is 0 Å². The Balaban J connectivity index is 1.75. The van der Waals surface area contributed by atoms with E-state index in [2.05, 4.69) is 4.98 Å². The van der Waals surface area contributed by atoms with Crippen molar-refractivity contribution < 1.29 is 9.59 Å². The topological polar surface area (TPSA) is 53.5 Å². The van der Waals surface area contributed by atoms with Crippen LogP contribution in [0.2, 0.25) is 0 Å². The number of rotatable bonds is 4. The summed E-state index contributed by atoms with van der Waals surface area (Å²) in [5, 5.41) is 0.967. The van der Waals surface area contributed by atoms with Crippen molar-refractivity contribution in [2.45, 2.75) is 25.9 Å². The van der Waals surface area contributed by atoms with Gasteiger partial charge in [-0.15, -0.1) is 11.3 Å². The molecule has 0 saturated carbocycles. The number of imide groups is 1. The smallest absolute Gasteiger partial charge is 0.247 e. The van der Waals surface area contributed by atoms with Gasteiger partial charge in [0.25, 0.3) is 0 Å². The molecule has 1 saturated heterocycles. The molecule has 2 heterocycles. The van der Waals surface area contributed by atoms with Gasteiger partial charge in [-0.3, -0.25) is 19.4 Å². The molecule has 0 radical (unpaired) electrons. The van der Waals surface area contributed by atoms with Gasteiger partial charge in [0, 0.05) is 6.54 Å². The third-order valence-electron chi connectivity index (χ3n) is 3.79. The molecule has 0 spiro atoms. The summed E-state index contributed by atoms with van der Waals surface area (Å²) in [6.45, 7) is 2.86. The number of para-hydroxylation sites is 1. The number of carbonyl (C=O) groups excluding carboxylic acids is 2. The second-order valence-corrected chi connectivity index (χ2v) is 6.30. The van der Waals surface area contributed by atoms with Crippen LogP contribution in [0.4, 0.5) is 0 Å². The number of thiazole rings is 1. The normalized spacial score (nSPS) is 19.2. The highest BCUT2D eigenvalue weighted by Gasteiger charge is 2.39. The van der Waals surface area contributed by atoms with Crippen molar-refractivity contribution in [3.63, 3.8) is 0 Å². The molecule has 0 bridgehead atoms. The van der Waals surface area contributed by atoms with Gasteiger partial charge in [0.15, 0.2) is 0 Å². The Kier molecular flexibility index (Phi) is 3.73. The molecule has 1 fully saturated rings. The summed E-state index contributed by atoms with van der Waals surface area (Å²) in [5.74, 6) is -0.172. The zero-order valence-corrected chi connectivity index (χ0v) is 12.9. The second-order valence-electron chi connectivity index (χ2n) is 5.19. The molecule has 2 amide bonds. The first-order valence-corrected chi connectivity index (χ1v) is 7.80. The highest BCUT2D eigenvalue weighted by Crippen LogP contribution is 2.24. The van der Waals surface area contributed by atoms with Crippen molar-refractivity contribution in [2.24, 2.45) is 0 Å². The summed E-state index contributed by atoms with van der Waals surface area (Å²) in [6.07, 6.45) is 0.272. The van der Waals surface area contributed by atoms with Crippen molar-refractivity contribution >= 4 is 33.4 Å². The lowest BCUT2D eigenvalue weighted by Gasteiger charge is -2.21. The van der Waals surface area contributed by atoms with Crippen LogP contribution in [0.5, 0.6) is 0 Å². The molecule has 110 valence electrons. The third-order valence-corrected chi connectivity index (χ3v) is 4.81. The SMILES string of the molecule is CCN1C(=O)C[C@H](N(C)Cc2nc3ccccc3s2)C1=O. The van der Waals surface area contributed by atoms with Crippen molar-refractivity contribution in [3.05, 3.63) is 29.3 Å². The Morgan fingerprint density at radius 3 is 2.81 bits per heavy atom. The molecule has 0 unspecified atom stereocenters. The van der Waals surface area contributed by atoms with Gasteiger partial charge >= 0.3 is 0 Å². The molecule has 1 aliphatic heterocycles. The average Bonchev–Trinajstić information content (AvgIpc) is 2.99. The predicted molar refractivity (Wildman–Crippen MR) is 81.9 cm³/mol. The molecule has 3 rings (SSSR count). The van der Waals surface area contributed by atoms with E-state index in [1.54, 1.807) is 11.3 Å². The zero-order chi connectivity index (χ0) is 15.0. The molecule has 0 N–H and O–H groups in total. The maximum atomic E-state index is 12.2. The molecule has 2 aromatic rings. The third kappa shape index (κ3) is 2.56. The van der Waals surface area contributed by atoms with E-state index >= 15 is 0 Å². The molecule has 0 aliphatic carbocycles. The molecule has 5 nitrogen and oxygen atoms in total. The van der Waals surface area contributed by atoms with Crippen LogP contribution in [-0.4, -0.2) is 46.2 Å². The molecule has 1 atom stereocenters. The maximum Gasteiger partial charge on any atom is 0.247 e. The van der Waals surface area contributed by atoms with Crippen LogP contribution < -0.4 is 0 Å². The van der Waals surface area contributed by atoms with Crippen molar-refractivity contribution in [2.75, 3.05) is 13.6 Å². The number of nitrogens with zero attached hydrogens (tertiary/aromatic N) is 3. The number of hydrogen-bond acceptors (Lipinski definition) is 5. The summed E-state index contributed by atoms with van der Waals surface area (Å²) in [6, 6.07) is 7.63. The Labute approximate surface area is 127 Å². The van der Waals surface area contributed by atoms with Crippen LogP contribution in [0, 0.1) is 0 Å². The number of hydrogen-bond donors (Lipinski definition) is 0. The minimum Gasteiger partial charge on any atom is -0.288 e. The number of aromatic nitrogens is 1. The van der Waals surface area contributed by atoms with E-state index < -0.39 is 0 Å². The van der Waals surface area contributed by atoms with Crippen molar-refractivity contribution in [1.82, 2.24) is 14.8 Å². The predicted octanol–water partition coefficient (Wildman–Crippen LogP) is 1.88. The van der Waals surface area contributed by atoms with E-state index in [9.17, 15) is 9.59 Å². The molecule has 1 aromatic carbocycles. The van der Waals surface area contributed by atoms with Gasteiger partial charge in [-0.25, -0.2) is 4.98 Å². The Bertz CT molecular complexity index is 664. The Morgan fingerprint density at radius 2 is 2.14 bits per heavy atom. The summed E-state index contributed by atoms with van der Waals surface area (Å²) in [4.78, 5) is 31.8. The number of likely N-dealkylation sites (tertiary alicyclic amines) is 1. The Morgan fingerprint density at radius 1 is 1.38 bits per heavy atom. The number of carbonyl (C=O) groups is 2. The van der Waals surface area contributed by atoms with Crippen LogP contribution in [0.25, 0.3) is 10.2 Å². The average molecular weight is 303 g/mol. The zero-order valence-electron chi connectivity index (χ0n) is 12.1. The highest BCUT2D eigenvalue weighted by molar-refractivity contribution is 7.18.